The zero-order valence-electron chi connectivity index (χ0n) is 15.1. The van der Waals surface area contributed by atoms with Gasteiger partial charge in [-0.25, -0.2) is 4.79 Å². The van der Waals surface area contributed by atoms with Gasteiger partial charge in [-0.2, -0.15) is 5.26 Å². The maximum atomic E-state index is 12.4. The second-order valence-electron chi connectivity index (χ2n) is 6.50. The van der Waals surface area contributed by atoms with Crippen molar-refractivity contribution in [3.8, 4) is 6.07 Å². The van der Waals surface area contributed by atoms with Crippen LogP contribution in [-0.2, 0) is 9.53 Å². The number of ether oxygens (including phenoxy) is 1. The zero-order chi connectivity index (χ0) is 20.0. The molecule has 0 aliphatic heterocycles. The topological polar surface area (TPSA) is 121 Å². The van der Waals surface area contributed by atoms with E-state index in [-0.39, 0.29) is 17.0 Å². The molecule has 8 heteroatoms. The van der Waals surface area contributed by atoms with Crippen LogP contribution in [0.3, 0.4) is 0 Å². The van der Waals surface area contributed by atoms with E-state index in [1.165, 1.54) is 18.4 Å². The molecule has 1 heterocycles. The monoisotopic (exact) mass is 381 g/mol. The molecule has 1 fully saturated rings. The van der Waals surface area contributed by atoms with Gasteiger partial charge in [0, 0.05) is 0 Å². The standard InChI is InChI=1S/C20H19N3O5/c21-13-20(9-3-4-10-20)23-17(24)12-28-19(26)14-6-1-2-7-15(14)22-18(25)16-8-5-11-27-16/h1-2,5-8,11H,3-4,9-10,12H2,(H,22,25)(H,23,24). The molecule has 1 aromatic carbocycles. The van der Waals surface area contributed by atoms with Gasteiger partial charge in [-0.1, -0.05) is 12.1 Å². The van der Waals surface area contributed by atoms with Crippen LogP contribution in [0.1, 0.15) is 46.6 Å². The Kier molecular flexibility index (Phi) is 5.75. The first-order valence-corrected chi connectivity index (χ1v) is 8.86. The number of rotatable bonds is 6. The average Bonchev–Trinajstić information content (AvgIpc) is 3.39. The Hall–Kier alpha value is -3.60. The Morgan fingerprint density at radius 2 is 1.89 bits per heavy atom. The molecule has 1 aromatic heterocycles. The molecular weight excluding hydrogens is 362 g/mol. The molecule has 0 atom stereocenters. The molecule has 1 aliphatic rings. The van der Waals surface area contributed by atoms with Crippen molar-refractivity contribution in [2.75, 3.05) is 11.9 Å². The quantitative estimate of drug-likeness (QED) is 0.742. The summed E-state index contributed by atoms with van der Waals surface area (Å²) in [5, 5.41) is 14.5. The summed E-state index contributed by atoms with van der Waals surface area (Å²) < 4.78 is 10.1. The number of nitrogens with zero attached hydrogens (tertiary/aromatic N) is 1. The van der Waals surface area contributed by atoms with E-state index in [0.717, 1.165) is 12.8 Å². The highest BCUT2D eigenvalue weighted by Crippen LogP contribution is 2.28. The number of furan rings is 1. The van der Waals surface area contributed by atoms with E-state index >= 15 is 0 Å². The first kappa shape index (κ1) is 19.2. The van der Waals surface area contributed by atoms with Crippen LogP contribution >= 0.6 is 0 Å². The zero-order valence-corrected chi connectivity index (χ0v) is 15.1. The van der Waals surface area contributed by atoms with Gasteiger partial charge in [-0.15, -0.1) is 0 Å². The molecule has 0 saturated heterocycles. The molecule has 1 aliphatic carbocycles. The van der Waals surface area contributed by atoms with Crippen molar-refractivity contribution in [3.63, 3.8) is 0 Å². The van der Waals surface area contributed by atoms with Crippen molar-refractivity contribution < 1.29 is 23.5 Å². The molecule has 0 bridgehead atoms. The van der Waals surface area contributed by atoms with Crippen molar-refractivity contribution >= 4 is 23.5 Å². The second kappa shape index (κ2) is 8.39. The maximum Gasteiger partial charge on any atom is 0.340 e. The van der Waals surface area contributed by atoms with Crippen LogP contribution in [0.2, 0.25) is 0 Å². The SMILES string of the molecule is N#CC1(NC(=O)COC(=O)c2ccccc2NC(=O)c2ccco2)CCCC1. The molecule has 0 radical (unpaired) electrons. The van der Waals surface area contributed by atoms with Gasteiger partial charge < -0.3 is 19.8 Å². The van der Waals surface area contributed by atoms with Gasteiger partial charge in [0.25, 0.3) is 11.8 Å². The molecule has 1 saturated carbocycles. The summed E-state index contributed by atoms with van der Waals surface area (Å²) >= 11 is 0. The molecule has 144 valence electrons. The van der Waals surface area contributed by atoms with Crippen LogP contribution in [0.15, 0.2) is 47.1 Å². The molecule has 0 unspecified atom stereocenters. The first-order valence-electron chi connectivity index (χ1n) is 8.86. The third-order valence-electron chi connectivity index (χ3n) is 4.52. The van der Waals surface area contributed by atoms with Gasteiger partial charge in [0.15, 0.2) is 12.4 Å². The predicted molar refractivity (Wildman–Crippen MR) is 98.3 cm³/mol. The van der Waals surface area contributed by atoms with E-state index in [1.807, 2.05) is 0 Å². The fourth-order valence-electron chi connectivity index (χ4n) is 3.12. The number of amides is 2. The fourth-order valence-corrected chi connectivity index (χ4v) is 3.12. The molecule has 2 N–H and O–H groups in total. The lowest BCUT2D eigenvalue weighted by molar-refractivity contribution is -0.125. The van der Waals surface area contributed by atoms with Crippen molar-refractivity contribution in [2.45, 2.75) is 31.2 Å². The Bertz CT molecular complexity index is 908. The van der Waals surface area contributed by atoms with Gasteiger partial charge >= 0.3 is 5.97 Å². The fraction of sp³-hybridized carbons (Fsp3) is 0.300. The lowest BCUT2D eigenvalue weighted by atomic mass is 10.00. The number of carbonyl (C=O) groups excluding carboxylic acids is 3. The first-order chi connectivity index (χ1) is 13.5. The third kappa shape index (κ3) is 4.38. The van der Waals surface area contributed by atoms with E-state index in [4.69, 9.17) is 9.15 Å². The van der Waals surface area contributed by atoms with Crippen LogP contribution in [0.5, 0.6) is 0 Å². The summed E-state index contributed by atoms with van der Waals surface area (Å²) in [6.45, 7) is -0.511. The molecule has 0 spiro atoms. The van der Waals surface area contributed by atoms with Crippen LogP contribution in [-0.4, -0.2) is 29.9 Å². The number of nitriles is 1. The summed E-state index contributed by atoms with van der Waals surface area (Å²) in [6.07, 6.45) is 4.29. The summed E-state index contributed by atoms with van der Waals surface area (Å²) in [4.78, 5) is 36.6. The number of anilines is 1. The Labute approximate surface area is 161 Å². The number of para-hydroxylation sites is 1. The minimum atomic E-state index is -0.877. The predicted octanol–water partition coefficient (Wildman–Crippen LogP) is 2.64. The lowest BCUT2D eigenvalue weighted by Crippen LogP contribution is -2.46. The molecule has 2 aromatic rings. The number of esters is 1. The summed E-state index contributed by atoms with van der Waals surface area (Å²) in [5.74, 6) is -1.71. The minimum absolute atomic E-state index is 0.0981. The Balaban J connectivity index is 1.61. The van der Waals surface area contributed by atoms with Crippen LogP contribution < -0.4 is 10.6 Å². The van der Waals surface area contributed by atoms with E-state index in [2.05, 4.69) is 16.7 Å². The van der Waals surface area contributed by atoms with Gasteiger partial charge in [-0.05, 0) is 49.9 Å². The number of benzene rings is 1. The van der Waals surface area contributed by atoms with Gasteiger partial charge in [0.2, 0.25) is 0 Å². The third-order valence-corrected chi connectivity index (χ3v) is 4.52. The van der Waals surface area contributed by atoms with E-state index < -0.39 is 29.9 Å². The largest absolute Gasteiger partial charge is 0.459 e. The van der Waals surface area contributed by atoms with Crippen molar-refractivity contribution in [3.05, 3.63) is 54.0 Å². The maximum absolute atomic E-state index is 12.4. The second-order valence-corrected chi connectivity index (χ2v) is 6.50. The molecule has 3 rings (SSSR count). The number of carbonyl (C=O) groups is 3. The molecular formula is C20H19N3O5. The van der Waals surface area contributed by atoms with Crippen LogP contribution in [0.4, 0.5) is 5.69 Å². The Morgan fingerprint density at radius 3 is 2.57 bits per heavy atom. The Morgan fingerprint density at radius 1 is 1.14 bits per heavy atom. The summed E-state index contributed by atoms with van der Waals surface area (Å²) in [6, 6.07) is 11.5. The number of hydrogen-bond acceptors (Lipinski definition) is 6. The van der Waals surface area contributed by atoms with Gasteiger partial charge in [-0.3, -0.25) is 9.59 Å². The highest BCUT2D eigenvalue weighted by atomic mass is 16.5. The highest BCUT2D eigenvalue weighted by molar-refractivity contribution is 6.06. The van der Waals surface area contributed by atoms with Crippen LogP contribution in [0, 0.1) is 11.3 Å². The van der Waals surface area contributed by atoms with Crippen LogP contribution in [0.25, 0.3) is 0 Å². The van der Waals surface area contributed by atoms with Gasteiger partial charge in [0.05, 0.1) is 23.6 Å². The molecule has 2 amide bonds. The highest BCUT2D eigenvalue weighted by Gasteiger charge is 2.35. The average molecular weight is 381 g/mol. The van der Waals surface area contributed by atoms with E-state index in [0.29, 0.717) is 12.8 Å². The summed E-state index contributed by atoms with van der Waals surface area (Å²) in [5.41, 5.74) is -0.539. The van der Waals surface area contributed by atoms with Crippen molar-refractivity contribution in [2.24, 2.45) is 0 Å². The van der Waals surface area contributed by atoms with Crippen molar-refractivity contribution in [1.29, 1.82) is 5.26 Å². The number of hydrogen-bond donors (Lipinski definition) is 2. The smallest absolute Gasteiger partial charge is 0.340 e. The van der Waals surface area contributed by atoms with Gasteiger partial charge in [0.1, 0.15) is 5.54 Å². The van der Waals surface area contributed by atoms with Crippen molar-refractivity contribution in [1.82, 2.24) is 5.32 Å². The lowest BCUT2D eigenvalue weighted by Gasteiger charge is -2.21. The molecule has 28 heavy (non-hydrogen) atoms. The molecule has 8 nitrogen and oxygen atoms in total. The number of nitrogens with one attached hydrogen (secondary N) is 2. The normalized spacial score (nSPS) is 14.7. The van der Waals surface area contributed by atoms with E-state index in [1.54, 1.807) is 24.3 Å². The van der Waals surface area contributed by atoms with E-state index in [9.17, 15) is 19.6 Å². The minimum Gasteiger partial charge on any atom is -0.459 e. The summed E-state index contributed by atoms with van der Waals surface area (Å²) in [7, 11) is 0.